The number of ether oxygens (including phenoxy) is 1. The Kier molecular flexibility index (Phi) is 71.3. The summed E-state index contributed by atoms with van der Waals surface area (Å²) in [6, 6.07) is -0.539. The van der Waals surface area contributed by atoms with Crippen molar-refractivity contribution < 1.29 is 24.5 Å². The molecule has 0 aliphatic heterocycles. The zero-order chi connectivity index (χ0) is 59.2. The first kappa shape index (κ1) is 80.9. The van der Waals surface area contributed by atoms with Crippen molar-refractivity contribution in [1.82, 2.24) is 5.32 Å². The number of rotatable bonds is 73. The molecule has 0 spiro atoms. The van der Waals surface area contributed by atoms with Gasteiger partial charge in [-0.15, -0.1) is 0 Å². The van der Waals surface area contributed by atoms with Gasteiger partial charge in [0.1, 0.15) is 0 Å². The molecule has 0 aromatic rings. The molecule has 0 saturated heterocycles. The lowest BCUT2D eigenvalue weighted by Crippen LogP contribution is -2.45. The summed E-state index contributed by atoms with van der Waals surface area (Å²) in [5, 5.41) is 23.5. The van der Waals surface area contributed by atoms with Crippen LogP contribution >= 0.6 is 0 Å². The Bertz CT molecular complexity index is 1200. The molecule has 2 atom stereocenters. The van der Waals surface area contributed by atoms with Gasteiger partial charge >= 0.3 is 5.97 Å². The third-order valence-electron chi connectivity index (χ3n) is 18.4. The van der Waals surface area contributed by atoms with Crippen LogP contribution in [0.2, 0.25) is 0 Å². The molecule has 490 valence electrons. The fraction of sp³-hybridized carbons (Fsp3) is 0.974. The second kappa shape index (κ2) is 72.3. The predicted molar refractivity (Wildman–Crippen MR) is 361 cm³/mol. The first-order chi connectivity index (χ1) is 40.5. The van der Waals surface area contributed by atoms with Crippen LogP contribution in [0.3, 0.4) is 0 Å². The van der Waals surface area contributed by atoms with Gasteiger partial charge in [0.15, 0.2) is 0 Å². The first-order valence-corrected chi connectivity index (χ1v) is 38.3. The number of amides is 1. The van der Waals surface area contributed by atoms with E-state index in [-0.39, 0.29) is 18.5 Å². The lowest BCUT2D eigenvalue weighted by Gasteiger charge is -2.22. The predicted octanol–water partition coefficient (Wildman–Crippen LogP) is 24.9. The van der Waals surface area contributed by atoms with Crippen LogP contribution in [0.15, 0.2) is 0 Å². The average molecular weight is 1160 g/mol. The second-order valence-electron chi connectivity index (χ2n) is 26.7. The fourth-order valence-corrected chi connectivity index (χ4v) is 12.6. The first-order valence-electron chi connectivity index (χ1n) is 38.3. The summed E-state index contributed by atoms with van der Waals surface area (Å²) in [6.07, 6.45) is 88.9. The van der Waals surface area contributed by atoms with Crippen LogP contribution in [0.5, 0.6) is 0 Å². The van der Waals surface area contributed by atoms with E-state index in [4.69, 9.17) is 4.74 Å². The Balaban J connectivity index is 3.33. The van der Waals surface area contributed by atoms with Crippen molar-refractivity contribution in [2.75, 3.05) is 13.2 Å². The third kappa shape index (κ3) is 68.0. The Hall–Kier alpha value is -1.14. The fourth-order valence-electron chi connectivity index (χ4n) is 12.6. The molecular weight excluding hydrogens is 1010 g/mol. The number of hydrogen-bond acceptors (Lipinski definition) is 5. The molecule has 0 radical (unpaired) electrons. The SMILES string of the molecule is CCCCCCCCCCCCCCCCCCCCCCCCCC(O)C(CO)NC(=O)CCCCCCCCCCCCCCCCCCCCCCCCCCCCCCCOC(=O)CCCCCCCCCCCCCCC. The molecule has 1 amide bonds. The van der Waals surface area contributed by atoms with Crippen LogP contribution in [0, 0.1) is 0 Å². The Labute approximate surface area is 515 Å². The molecule has 0 bridgehead atoms. The lowest BCUT2D eigenvalue weighted by atomic mass is 10.0. The topological polar surface area (TPSA) is 95.9 Å². The van der Waals surface area contributed by atoms with Crippen molar-refractivity contribution in [1.29, 1.82) is 0 Å². The van der Waals surface area contributed by atoms with E-state index in [1.54, 1.807) is 0 Å². The van der Waals surface area contributed by atoms with Crippen molar-refractivity contribution >= 4 is 11.9 Å². The zero-order valence-electron chi connectivity index (χ0n) is 56.3. The highest BCUT2D eigenvalue weighted by atomic mass is 16.5. The molecule has 0 aliphatic carbocycles. The van der Waals surface area contributed by atoms with Crippen LogP contribution in [-0.4, -0.2) is 47.4 Å². The number of hydrogen-bond donors (Lipinski definition) is 3. The van der Waals surface area contributed by atoms with Crippen LogP contribution in [0.1, 0.15) is 450 Å². The molecule has 0 aromatic heterocycles. The normalized spacial score (nSPS) is 12.4. The van der Waals surface area contributed by atoms with Crippen molar-refractivity contribution in [2.45, 2.75) is 463 Å². The van der Waals surface area contributed by atoms with Crippen molar-refractivity contribution in [3.05, 3.63) is 0 Å². The quantitative estimate of drug-likeness (QED) is 0.0417. The summed E-state index contributed by atoms with van der Waals surface area (Å²) in [5.74, 6) is -0.00264. The van der Waals surface area contributed by atoms with Gasteiger partial charge in [0.05, 0.1) is 25.4 Å². The molecule has 6 heteroatoms. The van der Waals surface area contributed by atoms with E-state index in [1.165, 1.54) is 379 Å². The van der Waals surface area contributed by atoms with Crippen molar-refractivity contribution in [2.24, 2.45) is 0 Å². The maximum absolute atomic E-state index is 12.6. The largest absolute Gasteiger partial charge is 0.466 e. The highest BCUT2D eigenvalue weighted by Gasteiger charge is 2.20. The summed E-state index contributed by atoms with van der Waals surface area (Å²) in [6.45, 7) is 5.01. The van der Waals surface area contributed by atoms with Gasteiger partial charge in [0.2, 0.25) is 5.91 Å². The van der Waals surface area contributed by atoms with Gasteiger partial charge in [0.25, 0.3) is 0 Å². The number of aliphatic hydroxyl groups is 2. The maximum atomic E-state index is 12.6. The van der Waals surface area contributed by atoms with E-state index < -0.39 is 12.1 Å². The molecule has 0 fully saturated rings. The van der Waals surface area contributed by atoms with Gasteiger partial charge in [-0.3, -0.25) is 9.59 Å². The third-order valence-corrected chi connectivity index (χ3v) is 18.4. The summed E-state index contributed by atoms with van der Waals surface area (Å²) in [7, 11) is 0. The molecule has 82 heavy (non-hydrogen) atoms. The highest BCUT2D eigenvalue weighted by molar-refractivity contribution is 5.76. The highest BCUT2D eigenvalue weighted by Crippen LogP contribution is 2.20. The average Bonchev–Trinajstić information content (AvgIpc) is 3.48. The molecule has 0 saturated carbocycles. The van der Waals surface area contributed by atoms with Crippen molar-refractivity contribution in [3.63, 3.8) is 0 Å². The van der Waals surface area contributed by atoms with Crippen LogP contribution < -0.4 is 5.32 Å². The molecule has 0 heterocycles. The van der Waals surface area contributed by atoms with Gasteiger partial charge in [0, 0.05) is 12.8 Å². The van der Waals surface area contributed by atoms with Crippen LogP contribution in [0.4, 0.5) is 0 Å². The van der Waals surface area contributed by atoms with Crippen LogP contribution in [-0.2, 0) is 14.3 Å². The second-order valence-corrected chi connectivity index (χ2v) is 26.7. The van der Waals surface area contributed by atoms with Gasteiger partial charge < -0.3 is 20.3 Å². The van der Waals surface area contributed by atoms with E-state index in [9.17, 15) is 19.8 Å². The molecular formula is C76H151NO5. The van der Waals surface area contributed by atoms with Crippen molar-refractivity contribution in [3.8, 4) is 0 Å². The van der Waals surface area contributed by atoms with E-state index in [0.29, 0.717) is 25.9 Å². The number of unbranched alkanes of at least 4 members (excludes halogenated alkanes) is 62. The van der Waals surface area contributed by atoms with E-state index in [2.05, 4.69) is 19.2 Å². The van der Waals surface area contributed by atoms with E-state index in [1.807, 2.05) is 0 Å². The molecule has 0 aromatic carbocycles. The number of esters is 1. The Morgan fingerprint density at radius 1 is 0.293 bits per heavy atom. The molecule has 6 nitrogen and oxygen atoms in total. The van der Waals surface area contributed by atoms with Gasteiger partial charge in [-0.1, -0.05) is 412 Å². The minimum Gasteiger partial charge on any atom is -0.466 e. The maximum Gasteiger partial charge on any atom is 0.305 e. The number of aliphatic hydroxyl groups excluding tert-OH is 2. The molecule has 2 unspecified atom stereocenters. The number of carbonyl (C=O) groups excluding carboxylic acids is 2. The summed E-state index contributed by atoms with van der Waals surface area (Å²) >= 11 is 0. The minimum atomic E-state index is -0.662. The van der Waals surface area contributed by atoms with E-state index >= 15 is 0 Å². The zero-order valence-corrected chi connectivity index (χ0v) is 56.3. The Morgan fingerprint density at radius 3 is 0.744 bits per heavy atom. The summed E-state index contributed by atoms with van der Waals surface area (Å²) in [4.78, 5) is 24.6. The summed E-state index contributed by atoms with van der Waals surface area (Å²) < 4.78 is 5.49. The van der Waals surface area contributed by atoms with Gasteiger partial charge in [-0.25, -0.2) is 0 Å². The van der Waals surface area contributed by atoms with Gasteiger partial charge in [-0.2, -0.15) is 0 Å². The number of nitrogens with one attached hydrogen (secondary N) is 1. The molecule has 0 rings (SSSR count). The van der Waals surface area contributed by atoms with Gasteiger partial charge in [-0.05, 0) is 25.7 Å². The molecule has 3 N–H and O–H groups in total. The Morgan fingerprint density at radius 2 is 0.500 bits per heavy atom. The monoisotopic (exact) mass is 1160 g/mol. The smallest absolute Gasteiger partial charge is 0.305 e. The molecule has 0 aliphatic rings. The minimum absolute atomic E-state index is 0.0225. The lowest BCUT2D eigenvalue weighted by molar-refractivity contribution is -0.143. The standard InChI is InChI=1S/C76H151NO5/c1-3-5-7-9-11-13-15-17-18-19-20-21-29-32-35-38-41-45-48-52-56-60-64-68-74(79)73(72-78)77-75(80)69-65-61-57-53-49-46-42-39-36-33-30-27-25-23-22-24-26-28-31-34-37-40-43-47-51-55-59-63-67-71-82-76(81)70-66-62-58-54-50-44-16-14-12-10-8-6-4-2/h73-74,78-79H,3-72H2,1-2H3,(H,77,80). The summed E-state index contributed by atoms with van der Waals surface area (Å²) in [5.41, 5.74) is 0. The van der Waals surface area contributed by atoms with E-state index in [0.717, 1.165) is 38.5 Å². The number of carbonyl (C=O) groups is 2. The van der Waals surface area contributed by atoms with Crippen LogP contribution in [0.25, 0.3) is 0 Å².